The van der Waals surface area contributed by atoms with Crippen molar-refractivity contribution in [3.63, 3.8) is 0 Å². The lowest BCUT2D eigenvalue weighted by Gasteiger charge is -2.41. The number of esters is 1. The number of allylic oxidation sites excluding steroid dienone is 1. The van der Waals surface area contributed by atoms with Gasteiger partial charge in [0.05, 0.1) is 44.0 Å². The Morgan fingerprint density at radius 1 is 1.21 bits per heavy atom. The number of ether oxygens (including phenoxy) is 3. The van der Waals surface area contributed by atoms with Gasteiger partial charge in [-0.1, -0.05) is 39.3 Å². The van der Waals surface area contributed by atoms with E-state index in [9.17, 15) is 19.5 Å². The Kier molecular flexibility index (Phi) is 10.9. The SMILES string of the molecule is C=CCCCOC(=O)[C@H]1[C@H]2C(=O)N([C@@H](CO)[C@@H](C)CC)C(C(=O)N(CC=C)CCN3CCOCC3)C23CC[C@]1(CC)O3. The third-order valence-corrected chi connectivity index (χ3v) is 10.2. The van der Waals surface area contributed by atoms with Crippen molar-refractivity contribution in [3.8, 4) is 0 Å². The average molecular weight is 590 g/mol. The van der Waals surface area contributed by atoms with Crippen LogP contribution in [-0.2, 0) is 28.6 Å². The third kappa shape index (κ3) is 5.79. The Balaban J connectivity index is 1.71. The smallest absolute Gasteiger partial charge is 0.312 e. The van der Waals surface area contributed by atoms with E-state index in [-0.39, 0.29) is 30.9 Å². The Morgan fingerprint density at radius 2 is 1.95 bits per heavy atom. The second-order valence-corrected chi connectivity index (χ2v) is 12.3. The molecule has 4 heterocycles. The number of nitrogens with zero attached hydrogens (tertiary/aromatic N) is 3. The number of carbonyl (C=O) groups is 3. The second-order valence-electron chi connectivity index (χ2n) is 12.3. The van der Waals surface area contributed by atoms with E-state index >= 15 is 0 Å². The minimum atomic E-state index is -1.16. The molecule has 42 heavy (non-hydrogen) atoms. The Bertz CT molecular complexity index is 1000. The highest BCUT2D eigenvalue weighted by atomic mass is 16.6. The van der Waals surface area contributed by atoms with E-state index in [0.717, 1.165) is 25.9 Å². The first-order valence-corrected chi connectivity index (χ1v) is 15.9. The minimum absolute atomic E-state index is 0.0627. The Labute approximate surface area is 251 Å². The number of likely N-dealkylation sites (tertiary alicyclic amines) is 1. The Morgan fingerprint density at radius 3 is 2.57 bits per heavy atom. The molecule has 4 rings (SSSR count). The van der Waals surface area contributed by atoms with Crippen molar-refractivity contribution in [2.45, 2.75) is 82.6 Å². The molecular formula is C32H51N3O7. The molecule has 1 spiro atoms. The highest BCUT2D eigenvalue weighted by Crippen LogP contribution is 2.65. The molecule has 4 fully saturated rings. The third-order valence-electron chi connectivity index (χ3n) is 10.2. The van der Waals surface area contributed by atoms with Crippen LogP contribution in [0.4, 0.5) is 0 Å². The molecule has 0 aromatic rings. The first kappa shape index (κ1) is 32.6. The zero-order valence-electron chi connectivity index (χ0n) is 25.8. The van der Waals surface area contributed by atoms with Crippen molar-refractivity contribution < 1.29 is 33.7 Å². The maximum Gasteiger partial charge on any atom is 0.312 e. The maximum atomic E-state index is 14.7. The van der Waals surface area contributed by atoms with Gasteiger partial charge in [-0.2, -0.15) is 0 Å². The van der Waals surface area contributed by atoms with Gasteiger partial charge in [0.2, 0.25) is 11.8 Å². The second kappa shape index (κ2) is 14.0. The molecular weight excluding hydrogens is 538 g/mol. The van der Waals surface area contributed by atoms with Crippen molar-refractivity contribution in [1.82, 2.24) is 14.7 Å². The monoisotopic (exact) mass is 589 g/mol. The van der Waals surface area contributed by atoms with Gasteiger partial charge in [-0.3, -0.25) is 19.3 Å². The molecule has 10 heteroatoms. The van der Waals surface area contributed by atoms with Crippen molar-refractivity contribution in [2.24, 2.45) is 17.8 Å². The molecule has 10 nitrogen and oxygen atoms in total. The number of hydrogen-bond acceptors (Lipinski definition) is 8. The summed E-state index contributed by atoms with van der Waals surface area (Å²) in [6.07, 6.45) is 7.18. The molecule has 2 unspecified atom stereocenters. The molecule has 0 aromatic carbocycles. The van der Waals surface area contributed by atoms with Crippen LogP contribution < -0.4 is 0 Å². The highest BCUT2D eigenvalue weighted by molar-refractivity contribution is 5.98. The molecule has 4 aliphatic heterocycles. The predicted molar refractivity (Wildman–Crippen MR) is 158 cm³/mol. The molecule has 236 valence electrons. The summed E-state index contributed by atoms with van der Waals surface area (Å²) in [5.74, 6) is -2.64. The molecule has 0 radical (unpaired) electrons. The van der Waals surface area contributed by atoms with Gasteiger partial charge >= 0.3 is 5.97 Å². The van der Waals surface area contributed by atoms with Crippen LogP contribution in [0.25, 0.3) is 0 Å². The van der Waals surface area contributed by atoms with E-state index in [0.29, 0.717) is 58.5 Å². The summed E-state index contributed by atoms with van der Waals surface area (Å²) in [4.78, 5) is 48.5. The molecule has 2 bridgehead atoms. The van der Waals surface area contributed by atoms with Gasteiger partial charge in [-0.15, -0.1) is 13.2 Å². The standard InChI is InChI=1S/C32H51N3O7/c1-6-10-11-19-41-30(39)26-25-28(37)35(24(22-36)23(5)8-3)27(32(25)13-12-31(26,9-4)42-32)29(38)34(14-7-2)16-15-33-17-20-40-21-18-33/h6-7,23-27,36H,1-2,8-22H2,3-5H3/t23-,24-,25-,26+,27?,31-,32?/m0/s1. The van der Waals surface area contributed by atoms with Gasteiger partial charge in [-0.25, -0.2) is 0 Å². The van der Waals surface area contributed by atoms with Crippen LogP contribution >= 0.6 is 0 Å². The lowest BCUT2D eigenvalue weighted by molar-refractivity contribution is -0.164. The van der Waals surface area contributed by atoms with Crippen LogP contribution in [0.2, 0.25) is 0 Å². The molecule has 0 aliphatic carbocycles. The number of rotatable bonds is 16. The number of carbonyl (C=O) groups excluding carboxylic acids is 3. The van der Waals surface area contributed by atoms with Crippen molar-refractivity contribution in [1.29, 1.82) is 0 Å². The first-order chi connectivity index (χ1) is 20.2. The van der Waals surface area contributed by atoms with Crippen molar-refractivity contribution in [2.75, 3.05) is 59.2 Å². The van der Waals surface area contributed by atoms with E-state index < -0.39 is 41.1 Å². The zero-order chi connectivity index (χ0) is 30.5. The summed E-state index contributed by atoms with van der Waals surface area (Å²) in [6.45, 7) is 17.9. The largest absolute Gasteiger partial charge is 0.465 e. The molecule has 7 atom stereocenters. The van der Waals surface area contributed by atoms with Gasteiger partial charge in [-0.05, 0) is 38.0 Å². The average Bonchev–Trinajstić information content (AvgIpc) is 3.61. The fourth-order valence-corrected chi connectivity index (χ4v) is 7.66. The minimum Gasteiger partial charge on any atom is -0.465 e. The normalized spacial score (nSPS) is 32.0. The van der Waals surface area contributed by atoms with Crippen molar-refractivity contribution in [3.05, 3.63) is 25.3 Å². The first-order valence-electron chi connectivity index (χ1n) is 15.9. The molecule has 2 amide bonds. The number of unbranched alkanes of at least 4 members (excludes halogenated alkanes) is 1. The topological polar surface area (TPSA) is 109 Å². The molecule has 4 aliphatic rings. The van der Waals surface area contributed by atoms with Crippen LogP contribution in [0.1, 0.15) is 59.3 Å². The highest BCUT2D eigenvalue weighted by Gasteiger charge is 2.79. The fraction of sp³-hybridized carbons (Fsp3) is 0.781. The number of aliphatic hydroxyl groups is 1. The summed E-state index contributed by atoms with van der Waals surface area (Å²) < 4.78 is 18.1. The van der Waals surface area contributed by atoms with Crippen LogP contribution in [-0.4, -0.2) is 120 Å². The van der Waals surface area contributed by atoms with E-state index in [4.69, 9.17) is 14.2 Å². The predicted octanol–water partition coefficient (Wildman–Crippen LogP) is 2.40. The van der Waals surface area contributed by atoms with Crippen LogP contribution in [0.3, 0.4) is 0 Å². The maximum absolute atomic E-state index is 14.7. The number of aliphatic hydroxyl groups excluding tert-OH is 1. The van der Waals surface area contributed by atoms with Crippen molar-refractivity contribution >= 4 is 17.8 Å². The molecule has 1 N–H and O–H groups in total. The van der Waals surface area contributed by atoms with Crippen LogP contribution in [0.15, 0.2) is 25.3 Å². The van der Waals surface area contributed by atoms with Gasteiger partial charge in [0, 0.05) is 32.7 Å². The number of hydrogen-bond donors (Lipinski definition) is 1. The van der Waals surface area contributed by atoms with Gasteiger partial charge in [0.15, 0.2) is 0 Å². The molecule has 0 aromatic heterocycles. The van der Waals surface area contributed by atoms with E-state index in [1.54, 1.807) is 22.0 Å². The summed E-state index contributed by atoms with van der Waals surface area (Å²) >= 11 is 0. The van der Waals surface area contributed by atoms with E-state index in [1.165, 1.54) is 0 Å². The lowest BCUT2D eigenvalue weighted by Crippen LogP contribution is -2.60. The van der Waals surface area contributed by atoms with E-state index in [2.05, 4.69) is 18.1 Å². The summed E-state index contributed by atoms with van der Waals surface area (Å²) in [6, 6.07) is -1.52. The molecule has 4 saturated heterocycles. The zero-order valence-corrected chi connectivity index (χ0v) is 25.8. The quantitative estimate of drug-likeness (QED) is 0.166. The summed E-state index contributed by atoms with van der Waals surface area (Å²) in [5, 5.41) is 10.6. The van der Waals surface area contributed by atoms with Crippen LogP contribution in [0.5, 0.6) is 0 Å². The van der Waals surface area contributed by atoms with Gasteiger partial charge in [0.25, 0.3) is 0 Å². The summed E-state index contributed by atoms with van der Waals surface area (Å²) in [7, 11) is 0. The fourth-order valence-electron chi connectivity index (χ4n) is 7.66. The van der Waals surface area contributed by atoms with Gasteiger partial charge < -0.3 is 29.1 Å². The number of morpholine rings is 1. The van der Waals surface area contributed by atoms with E-state index in [1.807, 2.05) is 20.8 Å². The number of fused-ring (bicyclic) bond motifs is 1. The number of amides is 2. The summed E-state index contributed by atoms with van der Waals surface area (Å²) in [5.41, 5.74) is -2.02. The Hall–Kier alpha value is -2.27. The van der Waals surface area contributed by atoms with Crippen LogP contribution in [0, 0.1) is 17.8 Å². The van der Waals surface area contributed by atoms with Gasteiger partial charge in [0.1, 0.15) is 17.6 Å². The molecule has 0 saturated carbocycles. The lowest BCUT2D eigenvalue weighted by atomic mass is 9.65.